The van der Waals surface area contributed by atoms with Gasteiger partial charge in [0.15, 0.2) is 0 Å². The number of carboxylic acid groups (broad SMARTS) is 1. The fourth-order valence-electron chi connectivity index (χ4n) is 2.57. The molecule has 0 heterocycles. The van der Waals surface area contributed by atoms with E-state index in [1.54, 1.807) is 55.4 Å². The van der Waals surface area contributed by atoms with Gasteiger partial charge in [0.05, 0.1) is 5.56 Å². The Morgan fingerprint density at radius 2 is 1.68 bits per heavy atom. The number of nitrogens with zero attached hydrogens (tertiary/aromatic N) is 1. The number of likely N-dealkylation sites (N-methyl/N-ethyl adjacent to an activating group) is 1. The monoisotopic (exact) mass is 344 g/mol. The van der Waals surface area contributed by atoms with Crippen molar-refractivity contribution in [2.75, 3.05) is 20.6 Å². The van der Waals surface area contributed by atoms with E-state index in [9.17, 15) is 14.0 Å². The van der Waals surface area contributed by atoms with Crippen LogP contribution in [0.1, 0.15) is 27.5 Å². The van der Waals surface area contributed by atoms with E-state index in [1.165, 1.54) is 12.1 Å². The van der Waals surface area contributed by atoms with Crippen molar-refractivity contribution < 1.29 is 19.1 Å². The Bertz CT molecular complexity index is 727. The highest BCUT2D eigenvalue weighted by molar-refractivity contribution is 5.87. The molecule has 6 heteroatoms. The van der Waals surface area contributed by atoms with Crippen molar-refractivity contribution >= 4 is 11.9 Å². The summed E-state index contributed by atoms with van der Waals surface area (Å²) in [6.45, 7) is 0.427. The van der Waals surface area contributed by atoms with Gasteiger partial charge in [0.1, 0.15) is 11.9 Å². The molecule has 2 aromatic rings. The molecular weight excluding hydrogens is 323 g/mol. The molecule has 0 fully saturated rings. The second-order valence-corrected chi connectivity index (χ2v) is 5.96. The average molecular weight is 344 g/mol. The quantitative estimate of drug-likeness (QED) is 0.810. The predicted octanol–water partition coefficient (Wildman–Crippen LogP) is 2.49. The zero-order chi connectivity index (χ0) is 18.4. The highest BCUT2D eigenvalue weighted by atomic mass is 19.1. The molecule has 0 spiro atoms. The molecular formula is C19H21FN2O3. The third-order valence-corrected chi connectivity index (χ3v) is 3.86. The molecule has 0 aliphatic rings. The van der Waals surface area contributed by atoms with Gasteiger partial charge < -0.3 is 10.4 Å². The molecule has 1 amide bonds. The van der Waals surface area contributed by atoms with Crippen LogP contribution < -0.4 is 5.32 Å². The maximum absolute atomic E-state index is 13.1. The Hall–Kier alpha value is -2.73. The second kappa shape index (κ2) is 8.39. The van der Waals surface area contributed by atoms with Gasteiger partial charge in [-0.1, -0.05) is 24.3 Å². The lowest BCUT2D eigenvalue weighted by Crippen LogP contribution is -2.37. The standard InChI is InChI=1S/C19H21FN2O3/c1-22(2)17(14-7-9-16(20)10-8-14)18(23)21-12-11-13-3-5-15(6-4-13)19(24)25/h3-10,17H,11-12H2,1-2H3,(H,21,23)(H,24,25)/t17-/m0/s1. The van der Waals surface area contributed by atoms with Crippen LogP contribution in [0.3, 0.4) is 0 Å². The Balaban J connectivity index is 1.95. The van der Waals surface area contributed by atoms with Crippen LogP contribution in [0.5, 0.6) is 0 Å². The summed E-state index contributed by atoms with van der Waals surface area (Å²) in [5.41, 5.74) is 1.89. The van der Waals surface area contributed by atoms with Gasteiger partial charge in [0.25, 0.3) is 0 Å². The molecule has 132 valence electrons. The molecule has 0 aliphatic carbocycles. The minimum absolute atomic E-state index is 0.168. The van der Waals surface area contributed by atoms with Gasteiger partial charge in [-0.05, 0) is 55.9 Å². The van der Waals surface area contributed by atoms with Gasteiger partial charge in [0.2, 0.25) is 5.91 Å². The van der Waals surface area contributed by atoms with Crippen LogP contribution in [0.15, 0.2) is 48.5 Å². The number of aromatic carboxylic acids is 1. The van der Waals surface area contributed by atoms with E-state index < -0.39 is 12.0 Å². The fraction of sp³-hybridized carbons (Fsp3) is 0.263. The number of nitrogens with one attached hydrogen (secondary N) is 1. The predicted molar refractivity (Wildman–Crippen MR) is 92.9 cm³/mol. The topological polar surface area (TPSA) is 69.6 Å². The van der Waals surface area contributed by atoms with E-state index in [2.05, 4.69) is 5.32 Å². The third kappa shape index (κ3) is 5.12. The Morgan fingerprint density at radius 1 is 1.08 bits per heavy atom. The number of hydrogen-bond donors (Lipinski definition) is 2. The number of carbonyl (C=O) groups excluding carboxylic acids is 1. The summed E-state index contributed by atoms with van der Waals surface area (Å²) in [5, 5.41) is 11.8. The normalized spacial score (nSPS) is 12.0. The molecule has 0 bridgehead atoms. The Kier molecular flexibility index (Phi) is 6.25. The van der Waals surface area contributed by atoms with Crippen molar-refractivity contribution in [1.29, 1.82) is 0 Å². The lowest BCUT2D eigenvalue weighted by molar-refractivity contribution is -0.125. The van der Waals surface area contributed by atoms with E-state index in [0.717, 1.165) is 11.1 Å². The van der Waals surface area contributed by atoms with Crippen molar-refractivity contribution in [2.45, 2.75) is 12.5 Å². The van der Waals surface area contributed by atoms with Crippen molar-refractivity contribution in [3.05, 3.63) is 71.0 Å². The summed E-state index contributed by atoms with van der Waals surface area (Å²) in [5.74, 6) is -1.47. The Morgan fingerprint density at radius 3 is 2.20 bits per heavy atom. The van der Waals surface area contributed by atoms with Gasteiger partial charge in [-0.3, -0.25) is 9.69 Å². The zero-order valence-electron chi connectivity index (χ0n) is 14.2. The summed E-state index contributed by atoms with van der Waals surface area (Å²) >= 11 is 0. The SMILES string of the molecule is CN(C)[C@H](C(=O)NCCc1ccc(C(=O)O)cc1)c1ccc(F)cc1. The van der Waals surface area contributed by atoms with Crippen LogP contribution in [0.25, 0.3) is 0 Å². The van der Waals surface area contributed by atoms with Crippen LogP contribution in [-0.2, 0) is 11.2 Å². The lowest BCUT2D eigenvalue weighted by Gasteiger charge is -2.24. The van der Waals surface area contributed by atoms with Gasteiger partial charge in [-0.15, -0.1) is 0 Å². The summed E-state index contributed by atoms with van der Waals surface area (Å²) in [7, 11) is 3.58. The molecule has 2 rings (SSSR count). The van der Waals surface area contributed by atoms with Gasteiger partial charge >= 0.3 is 5.97 Å². The van der Waals surface area contributed by atoms with E-state index in [0.29, 0.717) is 13.0 Å². The first-order valence-corrected chi connectivity index (χ1v) is 7.90. The number of hydrogen-bond acceptors (Lipinski definition) is 3. The number of amides is 1. The molecule has 0 saturated heterocycles. The number of rotatable bonds is 7. The van der Waals surface area contributed by atoms with Gasteiger partial charge in [0, 0.05) is 6.54 Å². The first-order chi connectivity index (χ1) is 11.9. The van der Waals surface area contributed by atoms with Crippen LogP contribution >= 0.6 is 0 Å². The van der Waals surface area contributed by atoms with Gasteiger partial charge in [-0.2, -0.15) is 0 Å². The molecule has 0 saturated carbocycles. The zero-order valence-corrected chi connectivity index (χ0v) is 14.2. The molecule has 2 N–H and O–H groups in total. The molecule has 5 nitrogen and oxygen atoms in total. The van der Waals surface area contributed by atoms with E-state index in [4.69, 9.17) is 5.11 Å². The second-order valence-electron chi connectivity index (χ2n) is 5.96. The molecule has 2 aromatic carbocycles. The average Bonchev–Trinajstić information content (AvgIpc) is 2.57. The molecule has 25 heavy (non-hydrogen) atoms. The summed E-state index contributed by atoms with van der Waals surface area (Å²) in [6.07, 6.45) is 0.592. The number of carbonyl (C=O) groups is 2. The molecule has 0 unspecified atom stereocenters. The van der Waals surface area contributed by atoms with Crippen LogP contribution in [0, 0.1) is 5.82 Å². The van der Waals surface area contributed by atoms with E-state index >= 15 is 0 Å². The van der Waals surface area contributed by atoms with Crippen LogP contribution in [0.4, 0.5) is 4.39 Å². The number of carboxylic acids is 1. The minimum atomic E-state index is -0.965. The van der Waals surface area contributed by atoms with Gasteiger partial charge in [-0.25, -0.2) is 9.18 Å². The summed E-state index contributed by atoms with van der Waals surface area (Å²) in [4.78, 5) is 25.1. The van der Waals surface area contributed by atoms with E-state index in [1.807, 2.05) is 0 Å². The van der Waals surface area contributed by atoms with Crippen molar-refractivity contribution in [2.24, 2.45) is 0 Å². The van der Waals surface area contributed by atoms with Crippen molar-refractivity contribution in [3.8, 4) is 0 Å². The van der Waals surface area contributed by atoms with Crippen LogP contribution in [0.2, 0.25) is 0 Å². The minimum Gasteiger partial charge on any atom is -0.478 e. The Labute approximate surface area is 146 Å². The summed E-state index contributed by atoms with van der Waals surface area (Å²) < 4.78 is 13.1. The first-order valence-electron chi connectivity index (χ1n) is 7.90. The lowest BCUT2D eigenvalue weighted by atomic mass is 10.0. The molecule has 1 atom stereocenters. The maximum Gasteiger partial charge on any atom is 0.335 e. The van der Waals surface area contributed by atoms with Crippen molar-refractivity contribution in [3.63, 3.8) is 0 Å². The molecule has 0 aliphatic heterocycles. The number of halogens is 1. The fourth-order valence-corrected chi connectivity index (χ4v) is 2.57. The number of benzene rings is 2. The van der Waals surface area contributed by atoms with E-state index in [-0.39, 0.29) is 17.3 Å². The summed E-state index contributed by atoms with van der Waals surface area (Å²) in [6, 6.07) is 11.9. The largest absolute Gasteiger partial charge is 0.478 e. The molecule has 0 radical (unpaired) electrons. The first kappa shape index (κ1) is 18.6. The molecule has 0 aromatic heterocycles. The smallest absolute Gasteiger partial charge is 0.335 e. The highest BCUT2D eigenvalue weighted by Crippen LogP contribution is 2.18. The third-order valence-electron chi connectivity index (χ3n) is 3.86. The highest BCUT2D eigenvalue weighted by Gasteiger charge is 2.22. The van der Waals surface area contributed by atoms with Crippen LogP contribution in [-0.4, -0.2) is 42.5 Å². The maximum atomic E-state index is 13.1. The van der Waals surface area contributed by atoms with Crippen molar-refractivity contribution in [1.82, 2.24) is 10.2 Å².